The van der Waals surface area contributed by atoms with Crippen LogP contribution in [-0.2, 0) is 16.0 Å². The molecule has 0 unspecified atom stereocenters. The molecule has 0 aromatic heterocycles. The topological polar surface area (TPSA) is 47.8 Å². The minimum Gasteiger partial charge on any atom is -1.00 e. The van der Waals surface area contributed by atoms with Gasteiger partial charge in [0.15, 0.2) is 11.5 Å². The molecule has 0 fully saturated rings. The number of hydrogen-bond donors (Lipinski definition) is 0. The van der Waals surface area contributed by atoms with Gasteiger partial charge in [-0.15, -0.1) is 0 Å². The van der Waals surface area contributed by atoms with Crippen molar-refractivity contribution < 1.29 is 40.6 Å². The van der Waals surface area contributed by atoms with Crippen molar-refractivity contribution in [1.29, 1.82) is 0 Å². The summed E-state index contributed by atoms with van der Waals surface area (Å²) in [6.45, 7) is 2.99. The smallest absolute Gasteiger partial charge is 0.372 e. The summed E-state index contributed by atoms with van der Waals surface area (Å²) in [6.07, 6.45) is 2.90. The molecular formula is C29H29BrClNO4. The van der Waals surface area contributed by atoms with Crippen LogP contribution in [0.5, 0.6) is 11.5 Å². The summed E-state index contributed by atoms with van der Waals surface area (Å²) in [6, 6.07) is 21.9. The Morgan fingerprint density at radius 1 is 1.00 bits per heavy atom. The van der Waals surface area contributed by atoms with E-state index < -0.39 is 0 Å². The number of esters is 1. The first-order valence-corrected chi connectivity index (χ1v) is 12.0. The zero-order valence-corrected chi connectivity index (χ0v) is 22.9. The molecule has 1 aliphatic heterocycles. The molecule has 0 N–H and O–H groups in total. The standard InChI is InChI=1S/C29H29ClNO4.BrH/c1-4-35-28(32)19-31-15-14-22-17-26(33-2)27(34-3)18-25(22)29(31)24(21-8-6-5-7-9-21)16-20-10-12-23(30)13-11-20;/h5-13,16-18H,4,14-15,19H2,1-3H3;1H/q+1;/p-1. The molecule has 0 amide bonds. The second-order valence-electron chi connectivity index (χ2n) is 8.17. The van der Waals surface area contributed by atoms with Crippen LogP contribution >= 0.6 is 11.6 Å². The van der Waals surface area contributed by atoms with Crippen LogP contribution in [0.15, 0.2) is 66.7 Å². The van der Waals surface area contributed by atoms with E-state index in [0.29, 0.717) is 29.7 Å². The molecule has 0 saturated carbocycles. The van der Waals surface area contributed by atoms with Crippen LogP contribution in [-0.4, -0.2) is 50.2 Å². The molecule has 0 saturated heterocycles. The SMILES string of the molecule is CCOC(=O)C[N+]1=C(C(=Cc2ccc(Cl)cc2)c2ccccc2)c2cc(OC)c(OC)cc2CC1.[Br-]. The van der Waals surface area contributed by atoms with Gasteiger partial charge in [-0.3, -0.25) is 0 Å². The molecule has 0 atom stereocenters. The first kappa shape index (κ1) is 27.5. The lowest BCUT2D eigenvalue weighted by molar-refractivity contribution is -0.518. The van der Waals surface area contributed by atoms with Crippen LogP contribution in [0, 0.1) is 0 Å². The fourth-order valence-electron chi connectivity index (χ4n) is 4.35. The molecule has 7 heteroatoms. The van der Waals surface area contributed by atoms with E-state index in [9.17, 15) is 4.79 Å². The van der Waals surface area contributed by atoms with Gasteiger partial charge in [0.1, 0.15) is 6.54 Å². The van der Waals surface area contributed by atoms with Gasteiger partial charge in [-0.05, 0) is 54.0 Å². The first-order chi connectivity index (χ1) is 17.0. The van der Waals surface area contributed by atoms with E-state index in [1.807, 2.05) is 61.5 Å². The molecule has 4 rings (SSSR count). The van der Waals surface area contributed by atoms with Crippen molar-refractivity contribution in [2.24, 2.45) is 0 Å². The zero-order chi connectivity index (χ0) is 24.8. The molecule has 0 spiro atoms. The molecule has 1 heterocycles. The predicted octanol–water partition coefficient (Wildman–Crippen LogP) is 2.52. The lowest BCUT2D eigenvalue weighted by Crippen LogP contribution is -3.00. The largest absolute Gasteiger partial charge is 1.00 e. The number of hydrogen-bond acceptors (Lipinski definition) is 4. The molecule has 36 heavy (non-hydrogen) atoms. The Kier molecular flexibility index (Phi) is 9.73. The van der Waals surface area contributed by atoms with Gasteiger partial charge < -0.3 is 31.2 Å². The molecule has 0 aliphatic carbocycles. The van der Waals surface area contributed by atoms with Crippen molar-refractivity contribution in [3.05, 3.63) is 94.0 Å². The van der Waals surface area contributed by atoms with Crippen molar-refractivity contribution >= 4 is 34.9 Å². The normalized spacial score (nSPS) is 12.9. The highest BCUT2D eigenvalue weighted by molar-refractivity contribution is 6.34. The maximum atomic E-state index is 12.6. The Morgan fingerprint density at radius 3 is 2.31 bits per heavy atom. The Balaban J connectivity index is 0.00000361. The third-order valence-corrected chi connectivity index (χ3v) is 6.23. The Bertz CT molecular complexity index is 1270. The van der Waals surface area contributed by atoms with Gasteiger partial charge >= 0.3 is 5.97 Å². The monoisotopic (exact) mass is 569 g/mol. The molecule has 3 aromatic rings. The summed E-state index contributed by atoms with van der Waals surface area (Å²) < 4.78 is 18.6. The highest BCUT2D eigenvalue weighted by atomic mass is 79.9. The first-order valence-electron chi connectivity index (χ1n) is 11.6. The molecule has 0 radical (unpaired) electrons. The third-order valence-electron chi connectivity index (χ3n) is 5.98. The molecule has 1 aliphatic rings. The second-order valence-corrected chi connectivity index (χ2v) is 8.60. The molecule has 0 bridgehead atoms. The van der Waals surface area contributed by atoms with Gasteiger partial charge in [0.25, 0.3) is 0 Å². The number of carbonyl (C=O) groups is 1. The highest BCUT2D eigenvalue weighted by Gasteiger charge is 2.32. The van der Waals surface area contributed by atoms with Gasteiger partial charge in [0.05, 0.1) is 32.0 Å². The summed E-state index contributed by atoms with van der Waals surface area (Å²) in [5.74, 6) is 1.07. The van der Waals surface area contributed by atoms with Crippen molar-refractivity contribution in [3.8, 4) is 11.5 Å². The van der Waals surface area contributed by atoms with Crippen molar-refractivity contribution in [2.45, 2.75) is 13.3 Å². The number of ether oxygens (including phenoxy) is 3. The number of allylic oxidation sites excluding steroid dienone is 1. The van der Waals surface area contributed by atoms with E-state index in [1.165, 1.54) is 0 Å². The van der Waals surface area contributed by atoms with Crippen LogP contribution in [0.4, 0.5) is 0 Å². The van der Waals surface area contributed by atoms with E-state index in [-0.39, 0.29) is 29.5 Å². The quantitative estimate of drug-likeness (QED) is 0.237. The van der Waals surface area contributed by atoms with Gasteiger partial charge in [0.2, 0.25) is 12.3 Å². The fraction of sp³-hybridized carbons (Fsp3) is 0.241. The third kappa shape index (κ3) is 6.18. The number of fused-ring (bicyclic) bond motifs is 1. The van der Waals surface area contributed by atoms with Crippen LogP contribution in [0.3, 0.4) is 0 Å². The van der Waals surface area contributed by atoms with Crippen molar-refractivity contribution in [2.75, 3.05) is 33.9 Å². The number of methoxy groups -OCH3 is 2. The van der Waals surface area contributed by atoms with Crippen LogP contribution < -0.4 is 26.5 Å². The van der Waals surface area contributed by atoms with E-state index in [1.54, 1.807) is 14.2 Å². The number of carbonyl (C=O) groups excluding carboxylic acids is 1. The summed E-state index contributed by atoms with van der Waals surface area (Å²) in [5, 5.41) is 0.680. The maximum absolute atomic E-state index is 12.6. The van der Waals surface area contributed by atoms with E-state index in [2.05, 4.69) is 22.8 Å². The van der Waals surface area contributed by atoms with Gasteiger partial charge in [0, 0.05) is 11.4 Å². The molecule has 5 nitrogen and oxygen atoms in total. The van der Waals surface area contributed by atoms with Crippen molar-refractivity contribution in [3.63, 3.8) is 0 Å². The average Bonchev–Trinajstić information content (AvgIpc) is 2.88. The van der Waals surface area contributed by atoms with Crippen molar-refractivity contribution in [1.82, 2.24) is 0 Å². The van der Waals surface area contributed by atoms with Gasteiger partial charge in [-0.2, -0.15) is 0 Å². The Morgan fingerprint density at radius 2 is 1.67 bits per heavy atom. The summed E-state index contributed by atoms with van der Waals surface area (Å²) in [5.41, 5.74) is 6.11. The van der Waals surface area contributed by atoms with E-state index in [4.69, 9.17) is 25.8 Å². The average molecular weight is 571 g/mol. The molecule has 188 valence electrons. The van der Waals surface area contributed by atoms with Crippen LogP contribution in [0.1, 0.15) is 29.2 Å². The highest BCUT2D eigenvalue weighted by Crippen LogP contribution is 2.36. The minimum absolute atomic E-state index is 0. The maximum Gasteiger partial charge on any atom is 0.372 e. The summed E-state index contributed by atoms with van der Waals surface area (Å²) >= 11 is 6.14. The number of halogens is 2. The fourth-order valence-corrected chi connectivity index (χ4v) is 4.48. The number of nitrogens with zero attached hydrogens (tertiary/aromatic N) is 1. The molecular weight excluding hydrogens is 542 g/mol. The van der Waals surface area contributed by atoms with E-state index >= 15 is 0 Å². The number of rotatable bonds is 8. The van der Waals surface area contributed by atoms with Crippen LogP contribution in [0.2, 0.25) is 5.02 Å². The Labute approximate surface area is 227 Å². The molecule has 3 aromatic carbocycles. The predicted molar refractivity (Wildman–Crippen MR) is 140 cm³/mol. The summed E-state index contributed by atoms with van der Waals surface area (Å²) in [7, 11) is 3.27. The second kappa shape index (κ2) is 12.7. The Hall–Kier alpha value is -3.09. The number of benzene rings is 3. The zero-order valence-electron chi connectivity index (χ0n) is 20.6. The minimum atomic E-state index is -0.257. The lowest BCUT2D eigenvalue weighted by Gasteiger charge is -2.22. The van der Waals surface area contributed by atoms with Crippen LogP contribution in [0.25, 0.3) is 11.6 Å². The lowest BCUT2D eigenvalue weighted by atomic mass is 9.87. The van der Waals surface area contributed by atoms with Gasteiger partial charge in [-0.1, -0.05) is 54.1 Å². The van der Waals surface area contributed by atoms with Gasteiger partial charge in [-0.25, -0.2) is 9.37 Å². The summed E-state index contributed by atoms with van der Waals surface area (Å²) in [4.78, 5) is 12.6. The van der Waals surface area contributed by atoms with E-state index in [0.717, 1.165) is 40.0 Å².